The number of carbonyl (C=O) groups excluding carboxylic acids is 1. The van der Waals surface area contributed by atoms with Crippen molar-refractivity contribution < 1.29 is 30.0 Å². The van der Waals surface area contributed by atoms with Crippen LogP contribution in [0, 0.1) is 0 Å². The lowest BCUT2D eigenvalue weighted by atomic mass is 10.0. The number of rotatable bonds is 20. The Kier molecular flexibility index (Phi) is 19.1. The molecule has 3 atom stereocenters. The van der Waals surface area contributed by atoms with Gasteiger partial charge in [0.1, 0.15) is 12.2 Å². The Morgan fingerprint density at radius 1 is 0.750 bits per heavy atom. The summed E-state index contributed by atoms with van der Waals surface area (Å²) in [5, 5.41) is 37.0. The number of esters is 1. The smallest absolute Gasteiger partial charge is 0.306 e. The number of hydrogen-bond acceptors (Lipinski definition) is 6. The molecule has 0 fully saturated rings. The molecule has 0 aliphatic carbocycles. The van der Waals surface area contributed by atoms with E-state index < -0.39 is 37.5 Å². The zero-order valence-electron chi connectivity index (χ0n) is 17.9. The van der Waals surface area contributed by atoms with Crippen molar-refractivity contribution >= 4 is 5.97 Å². The molecule has 0 aromatic carbocycles. The summed E-state index contributed by atoms with van der Waals surface area (Å²) in [5.74, 6) is -0.439. The van der Waals surface area contributed by atoms with E-state index in [0.717, 1.165) is 19.3 Å². The van der Waals surface area contributed by atoms with E-state index in [4.69, 9.17) is 14.9 Å². The molecule has 0 rings (SSSR count). The van der Waals surface area contributed by atoms with Crippen LogP contribution in [0.2, 0.25) is 0 Å². The monoisotopic (exact) mass is 404 g/mol. The largest absolute Gasteiger partial charge is 0.459 e. The topological polar surface area (TPSA) is 107 Å². The zero-order valence-corrected chi connectivity index (χ0v) is 17.9. The molecular weight excluding hydrogens is 360 g/mol. The van der Waals surface area contributed by atoms with Gasteiger partial charge >= 0.3 is 5.97 Å². The molecule has 6 heteroatoms. The van der Waals surface area contributed by atoms with Crippen molar-refractivity contribution in [2.24, 2.45) is 0 Å². The van der Waals surface area contributed by atoms with Crippen molar-refractivity contribution in [1.82, 2.24) is 0 Å². The molecule has 0 aliphatic rings. The first kappa shape index (κ1) is 27.3. The van der Waals surface area contributed by atoms with Crippen LogP contribution in [-0.4, -0.2) is 57.9 Å². The average Bonchev–Trinajstić information content (AvgIpc) is 2.70. The Morgan fingerprint density at radius 2 is 1.21 bits per heavy atom. The molecule has 0 radical (unpaired) electrons. The number of ether oxygens (including phenoxy) is 1. The molecule has 0 aromatic rings. The molecule has 0 spiro atoms. The van der Waals surface area contributed by atoms with E-state index in [9.17, 15) is 15.0 Å². The normalized spacial score (nSPS) is 14.6. The Balaban J connectivity index is 3.62. The van der Waals surface area contributed by atoms with Gasteiger partial charge in [0.15, 0.2) is 0 Å². The first-order chi connectivity index (χ1) is 13.5. The first-order valence-electron chi connectivity index (χ1n) is 11.3. The summed E-state index contributed by atoms with van der Waals surface area (Å²) in [6.45, 7) is 1.20. The van der Waals surface area contributed by atoms with Gasteiger partial charge in [-0.1, -0.05) is 84.0 Å². The molecular formula is C22H44O6. The van der Waals surface area contributed by atoms with Crippen LogP contribution in [0.15, 0.2) is 0 Å². The van der Waals surface area contributed by atoms with Gasteiger partial charge in [-0.2, -0.15) is 0 Å². The molecule has 28 heavy (non-hydrogen) atoms. The fourth-order valence-electron chi connectivity index (χ4n) is 3.26. The SMILES string of the molecule is CCCCCCCCCCCCCCCC(=O)OC(CC(O)CO)C(O)CO. The van der Waals surface area contributed by atoms with E-state index in [2.05, 4.69) is 6.92 Å². The molecule has 4 N–H and O–H groups in total. The van der Waals surface area contributed by atoms with Gasteiger partial charge in [0.25, 0.3) is 0 Å². The number of carbonyl (C=O) groups is 1. The Labute approximate surface area is 171 Å². The lowest BCUT2D eigenvalue weighted by molar-refractivity contribution is -0.159. The lowest BCUT2D eigenvalue weighted by Crippen LogP contribution is -2.37. The van der Waals surface area contributed by atoms with Crippen LogP contribution in [0.5, 0.6) is 0 Å². The van der Waals surface area contributed by atoms with Crippen LogP contribution in [0.1, 0.15) is 103 Å². The summed E-state index contributed by atoms with van der Waals surface area (Å²) in [7, 11) is 0. The Bertz CT molecular complexity index is 350. The first-order valence-corrected chi connectivity index (χ1v) is 11.3. The number of hydrogen-bond donors (Lipinski definition) is 4. The second-order valence-electron chi connectivity index (χ2n) is 7.84. The predicted octanol–water partition coefficient (Wildman–Crippen LogP) is 3.48. The maximum absolute atomic E-state index is 11.9. The minimum atomic E-state index is -1.25. The van der Waals surface area contributed by atoms with Gasteiger partial charge in [-0.25, -0.2) is 0 Å². The third kappa shape index (κ3) is 16.3. The third-order valence-corrected chi connectivity index (χ3v) is 5.10. The number of unbranched alkanes of at least 4 members (excludes halogenated alkanes) is 12. The van der Waals surface area contributed by atoms with Gasteiger partial charge in [0.05, 0.1) is 19.3 Å². The predicted molar refractivity (Wildman–Crippen MR) is 111 cm³/mol. The summed E-state index contributed by atoms with van der Waals surface area (Å²) in [5.41, 5.74) is 0. The molecule has 0 saturated heterocycles. The van der Waals surface area contributed by atoms with Crippen molar-refractivity contribution in [2.75, 3.05) is 13.2 Å². The van der Waals surface area contributed by atoms with Gasteiger partial charge in [0.2, 0.25) is 0 Å². The molecule has 168 valence electrons. The van der Waals surface area contributed by atoms with Crippen molar-refractivity contribution in [3.8, 4) is 0 Å². The highest BCUT2D eigenvalue weighted by atomic mass is 16.6. The maximum Gasteiger partial charge on any atom is 0.306 e. The summed E-state index contributed by atoms with van der Waals surface area (Å²) in [4.78, 5) is 11.9. The number of aliphatic hydroxyl groups excluding tert-OH is 4. The van der Waals surface area contributed by atoms with Crippen molar-refractivity contribution in [3.05, 3.63) is 0 Å². The Morgan fingerprint density at radius 3 is 1.64 bits per heavy atom. The summed E-state index contributed by atoms with van der Waals surface area (Å²) >= 11 is 0. The minimum Gasteiger partial charge on any atom is -0.459 e. The van der Waals surface area contributed by atoms with E-state index in [1.165, 1.54) is 64.2 Å². The van der Waals surface area contributed by atoms with Gasteiger partial charge < -0.3 is 25.2 Å². The quantitative estimate of drug-likeness (QED) is 0.183. The summed E-state index contributed by atoms with van der Waals surface area (Å²) < 4.78 is 5.16. The summed E-state index contributed by atoms with van der Waals surface area (Å²) in [6.07, 6.45) is 12.8. The molecule has 0 saturated carbocycles. The molecule has 0 aliphatic heterocycles. The molecule has 3 unspecified atom stereocenters. The van der Waals surface area contributed by atoms with Gasteiger partial charge in [-0.15, -0.1) is 0 Å². The van der Waals surface area contributed by atoms with E-state index in [1.807, 2.05) is 0 Å². The van der Waals surface area contributed by atoms with Gasteiger partial charge in [-0.05, 0) is 6.42 Å². The standard InChI is InChI=1S/C22H44O6/c1-2-3-4-5-6-7-8-9-10-11-12-13-14-15-22(27)28-21(20(26)18-24)16-19(25)17-23/h19-21,23-26H,2-18H2,1H3. The van der Waals surface area contributed by atoms with Crippen molar-refractivity contribution in [3.63, 3.8) is 0 Å². The van der Waals surface area contributed by atoms with Crippen LogP contribution < -0.4 is 0 Å². The van der Waals surface area contributed by atoms with Gasteiger partial charge in [0, 0.05) is 12.8 Å². The van der Waals surface area contributed by atoms with Crippen molar-refractivity contribution in [2.45, 2.75) is 122 Å². The second kappa shape index (κ2) is 19.6. The molecule has 0 bridgehead atoms. The second-order valence-corrected chi connectivity index (χ2v) is 7.84. The zero-order chi connectivity index (χ0) is 21.0. The van der Waals surface area contributed by atoms with Crippen LogP contribution in [0.4, 0.5) is 0 Å². The fourth-order valence-corrected chi connectivity index (χ4v) is 3.26. The van der Waals surface area contributed by atoms with Crippen LogP contribution >= 0.6 is 0 Å². The molecule has 0 heterocycles. The van der Waals surface area contributed by atoms with E-state index >= 15 is 0 Å². The van der Waals surface area contributed by atoms with Crippen LogP contribution in [-0.2, 0) is 9.53 Å². The lowest BCUT2D eigenvalue weighted by Gasteiger charge is -2.23. The van der Waals surface area contributed by atoms with Crippen molar-refractivity contribution in [1.29, 1.82) is 0 Å². The fraction of sp³-hybridized carbons (Fsp3) is 0.955. The minimum absolute atomic E-state index is 0.0947. The average molecular weight is 405 g/mol. The van der Waals surface area contributed by atoms with E-state index in [0.29, 0.717) is 0 Å². The maximum atomic E-state index is 11.9. The molecule has 0 amide bonds. The van der Waals surface area contributed by atoms with Gasteiger partial charge in [-0.3, -0.25) is 4.79 Å². The molecule has 0 aromatic heterocycles. The molecule has 6 nitrogen and oxygen atoms in total. The number of aliphatic hydroxyl groups is 4. The highest BCUT2D eigenvalue weighted by molar-refractivity contribution is 5.69. The highest BCUT2D eigenvalue weighted by Crippen LogP contribution is 2.14. The summed E-state index contributed by atoms with van der Waals surface area (Å²) in [6, 6.07) is 0. The third-order valence-electron chi connectivity index (χ3n) is 5.10. The van der Waals surface area contributed by atoms with E-state index in [1.54, 1.807) is 0 Å². The van der Waals surface area contributed by atoms with Crippen LogP contribution in [0.3, 0.4) is 0 Å². The highest BCUT2D eigenvalue weighted by Gasteiger charge is 2.25. The van der Waals surface area contributed by atoms with Crippen LogP contribution in [0.25, 0.3) is 0 Å². The Hall–Kier alpha value is -0.690. The van der Waals surface area contributed by atoms with E-state index in [-0.39, 0.29) is 12.8 Å².